The fraction of sp³-hybridized carbons (Fsp3) is 0.846. The molecule has 10 heteroatoms. The number of anilines is 2. The molecule has 2 saturated heterocycles. The van der Waals surface area contributed by atoms with Crippen molar-refractivity contribution in [1.29, 1.82) is 0 Å². The molecule has 0 spiro atoms. The predicted molar refractivity (Wildman–Crippen MR) is 83.7 cm³/mol. The minimum atomic E-state index is -0.754. The van der Waals surface area contributed by atoms with Crippen molar-refractivity contribution in [2.75, 3.05) is 50.2 Å². The second-order valence-electron chi connectivity index (χ2n) is 5.51. The summed E-state index contributed by atoms with van der Waals surface area (Å²) in [5.74, 6) is 0.681. The van der Waals surface area contributed by atoms with E-state index in [-0.39, 0.29) is 12.6 Å². The third-order valence-electron chi connectivity index (χ3n) is 3.99. The Labute approximate surface area is 138 Å². The molecular formula is C13H22N4O5S. The van der Waals surface area contributed by atoms with Crippen molar-refractivity contribution in [2.24, 2.45) is 0 Å². The smallest absolute Gasteiger partial charge is 0.239 e. The number of ether oxygens (including phenoxy) is 3. The van der Waals surface area contributed by atoms with Gasteiger partial charge in [-0.2, -0.15) is 9.36 Å². The van der Waals surface area contributed by atoms with Crippen molar-refractivity contribution < 1.29 is 24.4 Å². The summed E-state index contributed by atoms with van der Waals surface area (Å²) >= 11 is 1.26. The number of rotatable bonds is 5. The molecule has 0 unspecified atom stereocenters. The molecule has 1 aromatic rings. The van der Waals surface area contributed by atoms with Gasteiger partial charge in [-0.25, -0.2) is 0 Å². The maximum Gasteiger partial charge on any atom is 0.239 e. The van der Waals surface area contributed by atoms with Crippen LogP contribution >= 0.6 is 11.5 Å². The molecule has 0 amide bonds. The first kappa shape index (κ1) is 16.8. The lowest BCUT2D eigenvalue weighted by molar-refractivity contribution is -0.224. The number of morpholine rings is 1. The number of hydrogen-bond acceptors (Lipinski definition) is 10. The molecule has 2 aliphatic heterocycles. The van der Waals surface area contributed by atoms with E-state index in [0.717, 1.165) is 13.1 Å². The molecule has 1 aromatic heterocycles. The van der Waals surface area contributed by atoms with E-state index in [2.05, 4.69) is 19.6 Å². The van der Waals surface area contributed by atoms with Gasteiger partial charge < -0.3 is 34.6 Å². The van der Waals surface area contributed by atoms with E-state index < -0.39 is 18.5 Å². The molecule has 2 aliphatic rings. The molecule has 0 aliphatic carbocycles. The fourth-order valence-electron chi connectivity index (χ4n) is 2.72. The third-order valence-corrected chi connectivity index (χ3v) is 4.63. The van der Waals surface area contributed by atoms with E-state index in [4.69, 9.17) is 14.2 Å². The van der Waals surface area contributed by atoms with Crippen LogP contribution < -0.4 is 10.2 Å². The summed E-state index contributed by atoms with van der Waals surface area (Å²) in [6.07, 6.45) is -1.55. The predicted octanol–water partition coefficient (Wildman–Crippen LogP) is -0.730. The summed E-state index contributed by atoms with van der Waals surface area (Å²) in [6, 6.07) is -0.261. The van der Waals surface area contributed by atoms with Gasteiger partial charge in [0.2, 0.25) is 11.1 Å². The number of hydrogen-bond donors (Lipinski definition) is 3. The molecular weight excluding hydrogens is 324 g/mol. The molecule has 4 atom stereocenters. The van der Waals surface area contributed by atoms with Crippen LogP contribution in [0.5, 0.6) is 0 Å². The average Bonchev–Trinajstić information content (AvgIpc) is 3.04. The van der Waals surface area contributed by atoms with Gasteiger partial charge in [-0.1, -0.05) is 0 Å². The van der Waals surface area contributed by atoms with E-state index in [1.807, 2.05) is 0 Å². The Morgan fingerprint density at radius 2 is 2.22 bits per heavy atom. The van der Waals surface area contributed by atoms with E-state index in [1.165, 1.54) is 18.6 Å². The second kappa shape index (κ2) is 7.69. The van der Waals surface area contributed by atoms with Crippen molar-refractivity contribution in [3.63, 3.8) is 0 Å². The summed E-state index contributed by atoms with van der Waals surface area (Å²) in [7, 11) is 1.53. The highest BCUT2D eigenvalue weighted by molar-refractivity contribution is 7.09. The maximum absolute atomic E-state index is 10.0. The fourth-order valence-corrected chi connectivity index (χ4v) is 3.37. The Bertz CT molecular complexity index is 498. The summed E-state index contributed by atoms with van der Waals surface area (Å²) < 4.78 is 20.5. The molecule has 2 fully saturated rings. The lowest BCUT2D eigenvalue weighted by Crippen LogP contribution is -2.52. The van der Waals surface area contributed by atoms with Crippen molar-refractivity contribution in [3.05, 3.63) is 0 Å². The Morgan fingerprint density at radius 3 is 2.91 bits per heavy atom. The van der Waals surface area contributed by atoms with Gasteiger partial charge in [0, 0.05) is 38.2 Å². The van der Waals surface area contributed by atoms with Crippen molar-refractivity contribution in [2.45, 2.75) is 31.0 Å². The van der Waals surface area contributed by atoms with Gasteiger partial charge in [0.25, 0.3) is 0 Å². The van der Waals surface area contributed by atoms with Gasteiger partial charge in [0.1, 0.15) is 6.10 Å². The molecule has 0 bridgehead atoms. The van der Waals surface area contributed by atoms with Crippen molar-refractivity contribution in [1.82, 2.24) is 9.36 Å². The lowest BCUT2D eigenvalue weighted by Gasteiger charge is -2.38. The lowest BCUT2D eigenvalue weighted by atomic mass is 10.0. The van der Waals surface area contributed by atoms with Crippen LogP contribution in [0, 0.1) is 0 Å². The Kier molecular flexibility index (Phi) is 5.62. The first-order valence-corrected chi connectivity index (χ1v) is 8.38. The van der Waals surface area contributed by atoms with Crippen LogP contribution in [0.2, 0.25) is 0 Å². The third kappa shape index (κ3) is 3.90. The minimum absolute atomic E-state index is 0.242. The highest BCUT2D eigenvalue weighted by Gasteiger charge is 2.37. The molecule has 3 rings (SSSR count). The second-order valence-corrected chi connectivity index (χ2v) is 6.27. The monoisotopic (exact) mass is 346 g/mol. The van der Waals surface area contributed by atoms with E-state index in [1.54, 1.807) is 0 Å². The summed E-state index contributed by atoms with van der Waals surface area (Å²) in [5, 5.41) is 23.1. The van der Waals surface area contributed by atoms with Crippen LogP contribution in [-0.2, 0) is 14.2 Å². The van der Waals surface area contributed by atoms with Gasteiger partial charge in [-0.05, 0) is 0 Å². The highest BCUT2D eigenvalue weighted by atomic mass is 32.1. The van der Waals surface area contributed by atoms with Gasteiger partial charge in [0.05, 0.1) is 32.0 Å². The molecule has 0 radical (unpaired) electrons. The Hall–Kier alpha value is -1.04. The highest BCUT2D eigenvalue weighted by Crippen LogP contribution is 2.26. The van der Waals surface area contributed by atoms with Gasteiger partial charge in [-0.15, -0.1) is 0 Å². The number of aromatic nitrogens is 2. The maximum atomic E-state index is 10.0. The van der Waals surface area contributed by atoms with Crippen LogP contribution in [0.3, 0.4) is 0 Å². The number of methoxy groups -OCH3 is 1. The zero-order valence-corrected chi connectivity index (χ0v) is 13.7. The first-order valence-electron chi connectivity index (χ1n) is 7.61. The van der Waals surface area contributed by atoms with E-state index >= 15 is 0 Å². The molecule has 0 saturated carbocycles. The summed E-state index contributed by atoms with van der Waals surface area (Å²) in [5.41, 5.74) is 0. The van der Waals surface area contributed by atoms with Crippen LogP contribution in [0.25, 0.3) is 0 Å². The van der Waals surface area contributed by atoms with E-state index in [0.29, 0.717) is 30.7 Å². The van der Waals surface area contributed by atoms with Crippen LogP contribution in [0.15, 0.2) is 0 Å². The quantitative estimate of drug-likeness (QED) is 0.635. The molecule has 130 valence electrons. The standard InChI is InChI=1S/C13H22N4O5S/c1-20-11-8(6-9(19)10(7-18)22-11)14-13-15-12(16-23-13)17-2-4-21-5-3-17/h8-11,18-19H,2-7H2,1H3,(H,14,15,16)/t8-,9-,10-,11+/m1/s1. The number of nitrogens with zero attached hydrogens (tertiary/aromatic N) is 3. The van der Waals surface area contributed by atoms with Crippen LogP contribution in [0.4, 0.5) is 11.1 Å². The van der Waals surface area contributed by atoms with E-state index in [9.17, 15) is 10.2 Å². The zero-order chi connectivity index (χ0) is 16.2. The molecule has 0 aromatic carbocycles. The average molecular weight is 346 g/mol. The summed E-state index contributed by atoms with van der Waals surface area (Å²) in [6.45, 7) is 2.67. The molecule has 23 heavy (non-hydrogen) atoms. The Balaban J connectivity index is 1.62. The molecule has 3 heterocycles. The number of aliphatic hydroxyl groups excluding tert-OH is 2. The topological polar surface area (TPSA) is 109 Å². The molecule has 3 N–H and O–H groups in total. The van der Waals surface area contributed by atoms with Gasteiger partial charge in [-0.3, -0.25) is 0 Å². The number of nitrogens with one attached hydrogen (secondary N) is 1. The van der Waals surface area contributed by atoms with Crippen molar-refractivity contribution in [3.8, 4) is 0 Å². The van der Waals surface area contributed by atoms with Crippen molar-refractivity contribution >= 4 is 22.6 Å². The van der Waals surface area contributed by atoms with Crippen LogP contribution in [0.1, 0.15) is 6.42 Å². The number of aliphatic hydroxyl groups is 2. The molecule has 9 nitrogen and oxygen atoms in total. The Morgan fingerprint density at radius 1 is 1.43 bits per heavy atom. The summed E-state index contributed by atoms with van der Waals surface area (Å²) in [4.78, 5) is 6.56. The van der Waals surface area contributed by atoms with Crippen LogP contribution in [-0.4, -0.2) is 84.1 Å². The van der Waals surface area contributed by atoms with Gasteiger partial charge in [0.15, 0.2) is 6.29 Å². The van der Waals surface area contributed by atoms with Gasteiger partial charge >= 0.3 is 0 Å². The zero-order valence-electron chi connectivity index (χ0n) is 12.9. The minimum Gasteiger partial charge on any atom is -0.394 e. The normalized spacial score (nSPS) is 32.0. The first-order chi connectivity index (χ1) is 11.2. The largest absolute Gasteiger partial charge is 0.394 e. The SMILES string of the molecule is CO[C@H]1O[C@H](CO)[C@H](O)C[C@H]1Nc1nc(N2CCOCC2)ns1.